The average molecular weight is 284 g/mol. The maximum Gasteiger partial charge on any atom is 0.259 e. The molecule has 0 atom stereocenters. The Morgan fingerprint density at radius 1 is 1.38 bits per heavy atom. The van der Waals surface area contributed by atoms with Gasteiger partial charge in [0.1, 0.15) is 11.6 Å². The summed E-state index contributed by atoms with van der Waals surface area (Å²) in [7, 11) is 0. The Hall–Kier alpha value is -2.34. The number of carbonyl (C=O) groups excluding carboxylic acids is 1. The maximum absolute atomic E-state index is 12.4. The Morgan fingerprint density at radius 3 is 3.00 bits per heavy atom. The Balaban J connectivity index is 1.82. The van der Waals surface area contributed by atoms with E-state index < -0.39 is 0 Å². The molecular weight excluding hydrogens is 268 g/mol. The first-order valence-electron chi connectivity index (χ1n) is 7.12. The highest BCUT2D eigenvalue weighted by molar-refractivity contribution is 6.01. The number of aromatic nitrogens is 1. The predicted octanol–water partition coefficient (Wildman–Crippen LogP) is 0.803. The van der Waals surface area contributed by atoms with Crippen LogP contribution in [0.25, 0.3) is 0 Å². The lowest BCUT2D eigenvalue weighted by atomic mass is 10.1. The molecule has 0 unspecified atom stereocenters. The first-order chi connectivity index (χ1) is 10.3. The molecule has 1 amide bonds. The molecule has 6 heteroatoms. The quantitative estimate of drug-likeness (QED) is 0.749. The van der Waals surface area contributed by atoms with Gasteiger partial charge >= 0.3 is 0 Å². The zero-order chi connectivity index (χ0) is 14.4. The minimum Gasteiger partial charge on any atom is -0.392 e. The van der Waals surface area contributed by atoms with Crippen LogP contribution in [0.15, 0.2) is 41.5 Å². The molecular formula is C15H16N4O2. The number of anilines is 1. The van der Waals surface area contributed by atoms with Gasteiger partial charge in [0.2, 0.25) is 0 Å². The zero-order valence-electron chi connectivity index (χ0n) is 11.5. The smallest absolute Gasteiger partial charge is 0.259 e. The van der Waals surface area contributed by atoms with Crippen molar-refractivity contribution in [2.75, 3.05) is 18.5 Å². The van der Waals surface area contributed by atoms with E-state index in [0.29, 0.717) is 23.1 Å². The Morgan fingerprint density at radius 2 is 2.24 bits per heavy atom. The van der Waals surface area contributed by atoms with Gasteiger partial charge in [-0.15, -0.1) is 0 Å². The van der Waals surface area contributed by atoms with Gasteiger partial charge in [0.15, 0.2) is 0 Å². The fourth-order valence-electron chi connectivity index (χ4n) is 2.81. The van der Waals surface area contributed by atoms with Crippen LogP contribution in [0.4, 0.5) is 5.82 Å². The zero-order valence-corrected chi connectivity index (χ0v) is 11.5. The standard InChI is InChI=1S/C15H16N4O2/c20-8-9-5-7-19(10-3-4-10)14-12(9)17-15(21)11-2-1-6-16-13(11)18-14/h1-2,5-6,10,20H,3-4,7-8H2,(H,16,18)(H,17,21). The molecule has 1 saturated carbocycles. The maximum atomic E-state index is 12.4. The van der Waals surface area contributed by atoms with E-state index in [-0.39, 0.29) is 12.5 Å². The average Bonchev–Trinajstić information content (AvgIpc) is 3.33. The SMILES string of the molecule is O=C1NC2=C(Nc3ncccc31)N(C1CC1)CC=C2CO. The molecule has 3 heterocycles. The molecule has 0 spiro atoms. The topological polar surface area (TPSA) is 77.5 Å². The van der Waals surface area contributed by atoms with E-state index in [1.807, 2.05) is 6.08 Å². The van der Waals surface area contributed by atoms with E-state index in [0.717, 1.165) is 30.8 Å². The first-order valence-corrected chi connectivity index (χ1v) is 7.12. The summed E-state index contributed by atoms with van der Waals surface area (Å²) in [6.07, 6.45) is 5.95. The lowest BCUT2D eigenvalue weighted by Gasteiger charge is -2.32. The normalized spacial score (nSPS) is 20.9. The fourth-order valence-corrected chi connectivity index (χ4v) is 2.81. The molecule has 4 rings (SSSR count). The molecule has 1 aromatic heterocycles. The van der Waals surface area contributed by atoms with Crippen LogP contribution in [0.2, 0.25) is 0 Å². The van der Waals surface area contributed by atoms with Crippen LogP contribution in [0, 0.1) is 0 Å². The number of nitrogens with one attached hydrogen (secondary N) is 2. The van der Waals surface area contributed by atoms with Crippen LogP contribution in [-0.2, 0) is 0 Å². The molecule has 0 aromatic carbocycles. The number of hydrogen-bond acceptors (Lipinski definition) is 5. The number of amides is 1. The molecule has 3 aliphatic rings. The van der Waals surface area contributed by atoms with Crippen molar-refractivity contribution in [3.63, 3.8) is 0 Å². The molecule has 21 heavy (non-hydrogen) atoms. The number of carbonyl (C=O) groups is 1. The number of rotatable bonds is 2. The van der Waals surface area contributed by atoms with Crippen molar-refractivity contribution in [3.8, 4) is 0 Å². The molecule has 0 saturated heterocycles. The van der Waals surface area contributed by atoms with E-state index in [4.69, 9.17) is 0 Å². The largest absolute Gasteiger partial charge is 0.392 e. The lowest BCUT2D eigenvalue weighted by Crippen LogP contribution is -2.37. The summed E-state index contributed by atoms with van der Waals surface area (Å²) in [5.41, 5.74) is 1.93. The van der Waals surface area contributed by atoms with Crippen LogP contribution in [0.3, 0.4) is 0 Å². The molecule has 1 fully saturated rings. The summed E-state index contributed by atoms with van der Waals surface area (Å²) >= 11 is 0. The van der Waals surface area contributed by atoms with Crippen LogP contribution in [0.5, 0.6) is 0 Å². The highest BCUT2D eigenvalue weighted by Crippen LogP contribution is 2.35. The van der Waals surface area contributed by atoms with Gasteiger partial charge in [0.05, 0.1) is 17.9 Å². The van der Waals surface area contributed by atoms with E-state index in [2.05, 4.69) is 20.5 Å². The van der Waals surface area contributed by atoms with Crippen LogP contribution < -0.4 is 10.6 Å². The van der Waals surface area contributed by atoms with Crippen LogP contribution in [-0.4, -0.2) is 40.1 Å². The van der Waals surface area contributed by atoms with Gasteiger partial charge in [-0.1, -0.05) is 6.08 Å². The lowest BCUT2D eigenvalue weighted by molar-refractivity contribution is 0.0966. The van der Waals surface area contributed by atoms with Crippen molar-refractivity contribution in [2.24, 2.45) is 0 Å². The van der Waals surface area contributed by atoms with E-state index in [1.165, 1.54) is 0 Å². The van der Waals surface area contributed by atoms with Crippen LogP contribution in [0.1, 0.15) is 23.2 Å². The minimum atomic E-state index is -0.201. The first kappa shape index (κ1) is 12.4. The van der Waals surface area contributed by atoms with Gasteiger partial charge in [0.25, 0.3) is 5.91 Å². The van der Waals surface area contributed by atoms with Gasteiger partial charge < -0.3 is 20.6 Å². The molecule has 1 aromatic rings. The van der Waals surface area contributed by atoms with Gasteiger partial charge in [0, 0.05) is 24.4 Å². The summed E-state index contributed by atoms with van der Waals surface area (Å²) < 4.78 is 0. The molecule has 6 nitrogen and oxygen atoms in total. The van der Waals surface area contributed by atoms with Gasteiger partial charge in [-0.25, -0.2) is 4.98 Å². The van der Waals surface area contributed by atoms with Gasteiger partial charge in [-0.2, -0.15) is 0 Å². The number of aliphatic hydroxyl groups is 1. The second-order valence-corrected chi connectivity index (χ2v) is 5.47. The van der Waals surface area contributed by atoms with E-state index in [9.17, 15) is 9.90 Å². The van der Waals surface area contributed by atoms with Crippen LogP contribution >= 0.6 is 0 Å². The Kier molecular flexibility index (Phi) is 2.71. The monoisotopic (exact) mass is 284 g/mol. The third kappa shape index (κ3) is 1.99. The summed E-state index contributed by atoms with van der Waals surface area (Å²) in [6.45, 7) is 0.646. The molecule has 3 N–H and O–H groups in total. The molecule has 108 valence electrons. The second kappa shape index (κ2) is 4.60. The molecule has 0 bridgehead atoms. The highest BCUT2D eigenvalue weighted by atomic mass is 16.3. The van der Waals surface area contributed by atoms with Crippen molar-refractivity contribution >= 4 is 11.7 Å². The number of hydrogen-bond donors (Lipinski definition) is 3. The van der Waals surface area contributed by atoms with Gasteiger partial charge in [-0.3, -0.25) is 4.79 Å². The van der Waals surface area contributed by atoms with Crippen molar-refractivity contribution in [1.29, 1.82) is 0 Å². The predicted molar refractivity (Wildman–Crippen MR) is 77.2 cm³/mol. The fraction of sp³-hybridized carbons (Fsp3) is 0.333. The van der Waals surface area contributed by atoms with Crippen molar-refractivity contribution in [3.05, 3.63) is 47.1 Å². The summed E-state index contributed by atoms with van der Waals surface area (Å²) in [4.78, 5) is 18.9. The van der Waals surface area contributed by atoms with E-state index in [1.54, 1.807) is 18.3 Å². The number of pyridine rings is 1. The number of fused-ring (bicyclic) bond motifs is 1. The van der Waals surface area contributed by atoms with E-state index >= 15 is 0 Å². The molecule has 2 aliphatic heterocycles. The van der Waals surface area contributed by atoms with Crippen molar-refractivity contribution in [2.45, 2.75) is 18.9 Å². The minimum absolute atomic E-state index is 0.0942. The molecule has 0 radical (unpaired) electrons. The van der Waals surface area contributed by atoms with Crippen molar-refractivity contribution < 1.29 is 9.90 Å². The van der Waals surface area contributed by atoms with Gasteiger partial charge in [-0.05, 0) is 25.0 Å². The number of aliphatic hydroxyl groups excluding tert-OH is 1. The second-order valence-electron chi connectivity index (χ2n) is 5.47. The summed E-state index contributed by atoms with van der Waals surface area (Å²) in [5, 5.41) is 15.8. The summed E-state index contributed by atoms with van der Waals surface area (Å²) in [6, 6.07) is 3.99. The Labute approximate surface area is 122 Å². The number of nitrogens with zero attached hydrogens (tertiary/aromatic N) is 2. The van der Waals surface area contributed by atoms with Crippen molar-refractivity contribution in [1.82, 2.24) is 15.2 Å². The third-order valence-electron chi connectivity index (χ3n) is 4.07. The molecule has 1 aliphatic carbocycles. The summed E-state index contributed by atoms with van der Waals surface area (Å²) in [5.74, 6) is 1.20. The highest BCUT2D eigenvalue weighted by Gasteiger charge is 2.36. The Bertz CT molecular complexity index is 676. The third-order valence-corrected chi connectivity index (χ3v) is 4.07.